The van der Waals surface area contributed by atoms with E-state index in [9.17, 15) is 43.5 Å². The summed E-state index contributed by atoms with van der Waals surface area (Å²) in [7, 11) is -9.89. The molecule has 8 N–H and O–H groups in total. The molecule has 3 aliphatic rings. The molecule has 6 rings (SSSR count). The lowest BCUT2D eigenvalue weighted by atomic mass is 10.2. The third-order valence-corrected chi connectivity index (χ3v) is 10.3. The number of nitrogens with one attached hydrogen (secondary N) is 2. The highest BCUT2D eigenvalue weighted by atomic mass is 31.2. The molecule has 3 aromatic rings. The van der Waals surface area contributed by atoms with Crippen molar-refractivity contribution in [3.8, 4) is 0 Å². The third-order valence-electron chi connectivity index (χ3n) is 8.27. The summed E-state index contributed by atoms with van der Waals surface area (Å²) in [6.07, 6.45) is -6.75. The van der Waals surface area contributed by atoms with E-state index in [0.717, 1.165) is 4.57 Å². The van der Waals surface area contributed by atoms with Crippen molar-refractivity contribution in [2.75, 3.05) is 32.2 Å². The molecule has 3 saturated heterocycles. The maximum absolute atomic E-state index is 13.2. The number of nitrogen functional groups attached to an aromatic ring is 1. The van der Waals surface area contributed by atoms with E-state index in [-0.39, 0.29) is 42.1 Å². The van der Waals surface area contributed by atoms with Crippen LogP contribution in [-0.2, 0) is 41.4 Å². The van der Waals surface area contributed by atoms with Crippen LogP contribution in [0.15, 0.2) is 26.9 Å². The molecule has 0 spiro atoms. The van der Waals surface area contributed by atoms with Crippen LogP contribution in [-0.4, -0.2) is 112 Å². The number of phosphoric ester groups is 2. The Bertz CT molecular complexity index is 1980. The van der Waals surface area contributed by atoms with Crippen LogP contribution in [0, 0.1) is 6.92 Å². The van der Waals surface area contributed by atoms with Crippen molar-refractivity contribution in [2.24, 2.45) is 0 Å². The average molecular weight is 752 g/mol. The molecule has 3 aliphatic heterocycles. The number of nitrogens with zero attached hydrogens (tertiary/aromatic N) is 4. The summed E-state index contributed by atoms with van der Waals surface area (Å²) in [5, 5.41) is 19.8. The van der Waals surface area contributed by atoms with Crippen molar-refractivity contribution in [1.82, 2.24) is 29.1 Å². The number of hydrogen-bond donors (Lipinski definition) is 7. The van der Waals surface area contributed by atoms with Gasteiger partial charge in [0.1, 0.15) is 43.0 Å². The van der Waals surface area contributed by atoms with Gasteiger partial charge in [0, 0.05) is 31.2 Å². The summed E-state index contributed by atoms with van der Waals surface area (Å²) in [4.78, 5) is 70.3. The van der Waals surface area contributed by atoms with E-state index in [0.29, 0.717) is 6.42 Å². The lowest BCUT2D eigenvalue weighted by Gasteiger charge is -2.24. The van der Waals surface area contributed by atoms with Gasteiger partial charge in [-0.2, -0.15) is 4.98 Å². The number of aromatic amines is 2. The highest BCUT2D eigenvalue weighted by molar-refractivity contribution is 7.47. The second kappa shape index (κ2) is 14.5. The zero-order chi connectivity index (χ0) is 36.0. The van der Waals surface area contributed by atoms with E-state index in [1.165, 1.54) is 24.0 Å². The molecule has 25 heteroatoms. The van der Waals surface area contributed by atoms with Gasteiger partial charge in [0.25, 0.3) is 11.1 Å². The molecule has 23 nitrogen and oxygen atoms in total. The van der Waals surface area contributed by atoms with E-state index in [1.807, 2.05) is 0 Å². The minimum atomic E-state index is -5.00. The molecule has 0 radical (unpaired) electrons. The fraction of sp³-hybridized carbons (Fsp3) is 0.640. The molecule has 0 amide bonds. The Hall–Kier alpha value is -3.15. The molecule has 50 heavy (non-hydrogen) atoms. The van der Waals surface area contributed by atoms with Crippen molar-refractivity contribution in [1.29, 1.82) is 0 Å². The van der Waals surface area contributed by atoms with Crippen LogP contribution in [0.25, 0.3) is 11.2 Å². The Morgan fingerprint density at radius 1 is 0.960 bits per heavy atom. The van der Waals surface area contributed by atoms with Crippen LogP contribution in [0.1, 0.15) is 37.3 Å². The first-order valence-corrected chi connectivity index (χ1v) is 18.2. The SMILES string of the molecule is Cc1cn([C@H]2C[C@H](OP(=O)(O)OC[C@H]3OCC[C@@H]3O)[C@@H](COP(=O)(O)O[C@H]3C[C@H](n4cnc5c(=O)[nH]c(N)nc54)O[C@@H]3CO)O2)c(=O)[nH]c1=O. The summed E-state index contributed by atoms with van der Waals surface area (Å²) in [5.74, 6) is -0.188. The number of phosphoric acid groups is 2. The predicted octanol–water partition coefficient (Wildman–Crippen LogP) is -1.72. The van der Waals surface area contributed by atoms with Gasteiger partial charge in [-0.05, 0) is 13.3 Å². The highest BCUT2D eigenvalue weighted by Crippen LogP contribution is 2.51. The van der Waals surface area contributed by atoms with Gasteiger partial charge in [0.05, 0.1) is 32.3 Å². The summed E-state index contributed by atoms with van der Waals surface area (Å²) < 4.78 is 66.2. The number of fused-ring (bicyclic) bond motifs is 1. The Kier molecular flexibility index (Phi) is 10.6. The molecule has 10 atom stereocenters. The lowest BCUT2D eigenvalue weighted by molar-refractivity contribution is -0.0579. The van der Waals surface area contributed by atoms with Crippen molar-refractivity contribution in [2.45, 2.75) is 75.3 Å². The Morgan fingerprint density at radius 2 is 1.58 bits per heavy atom. The molecule has 0 aliphatic carbocycles. The standard InChI is InChI=1S/C25H35N7O16P2/c1-11-6-31(25(37)30-22(11)35)18-5-14(48-49(38,39)43-8-16-12(34)2-3-42-16)17(46-18)9-44-50(40,41)47-13-4-19(45-15(13)7-33)32-10-27-20-21(32)28-24(26)29-23(20)36/h6,10,12-19,33-34H,2-5,7-9H2,1H3,(H,38,39)(H,40,41)(H,30,35,37)(H3,26,28,29,36)/t12-,13-,14-,15+,16+,17+,18+,19+/m0/s1. The number of ether oxygens (including phenoxy) is 3. The number of H-pyrrole nitrogens is 2. The van der Waals surface area contributed by atoms with E-state index in [2.05, 4.69) is 19.9 Å². The average Bonchev–Trinajstić information content (AvgIpc) is 3.83. The lowest BCUT2D eigenvalue weighted by Crippen LogP contribution is -2.33. The predicted molar refractivity (Wildman–Crippen MR) is 164 cm³/mol. The van der Waals surface area contributed by atoms with E-state index in [4.69, 9.17) is 38.0 Å². The normalized spacial score (nSPS) is 30.9. The number of aryl methyl sites for hydroxylation is 1. The molecular weight excluding hydrogens is 716 g/mol. The number of rotatable bonds is 13. The van der Waals surface area contributed by atoms with Gasteiger partial charge < -0.3 is 39.9 Å². The summed E-state index contributed by atoms with van der Waals surface area (Å²) in [5.41, 5.74) is 3.70. The molecule has 3 aromatic heterocycles. The first-order valence-electron chi connectivity index (χ1n) is 15.2. The van der Waals surface area contributed by atoms with E-state index in [1.54, 1.807) is 0 Å². The Morgan fingerprint density at radius 3 is 2.22 bits per heavy atom. The Labute approximate surface area is 280 Å². The number of aliphatic hydroxyl groups excluding tert-OH is 2. The number of aromatic nitrogens is 6. The molecule has 6 heterocycles. The largest absolute Gasteiger partial charge is 0.472 e. The monoisotopic (exact) mass is 751 g/mol. The fourth-order valence-electron chi connectivity index (χ4n) is 5.77. The molecule has 0 saturated carbocycles. The summed E-state index contributed by atoms with van der Waals surface area (Å²) in [6.45, 7) is -0.257. The maximum atomic E-state index is 13.2. The minimum absolute atomic E-state index is 0.0444. The van der Waals surface area contributed by atoms with E-state index >= 15 is 0 Å². The molecule has 2 unspecified atom stereocenters. The topological polar surface area (TPSA) is 324 Å². The van der Waals surface area contributed by atoms with Gasteiger partial charge in [0.15, 0.2) is 11.2 Å². The molecule has 0 bridgehead atoms. The van der Waals surface area contributed by atoms with Gasteiger partial charge >= 0.3 is 21.3 Å². The zero-order valence-electron chi connectivity index (χ0n) is 26.2. The number of nitrogens with two attached hydrogens (primary N) is 1. The first-order chi connectivity index (χ1) is 23.6. The number of aliphatic hydroxyl groups is 2. The Balaban J connectivity index is 1.15. The van der Waals surface area contributed by atoms with Crippen LogP contribution >= 0.6 is 15.6 Å². The second-order valence-electron chi connectivity index (χ2n) is 11.7. The van der Waals surface area contributed by atoms with Gasteiger partial charge in [0.2, 0.25) is 5.95 Å². The van der Waals surface area contributed by atoms with Crippen LogP contribution in [0.5, 0.6) is 0 Å². The third kappa shape index (κ3) is 8.00. The van der Waals surface area contributed by atoms with Crippen LogP contribution in [0.2, 0.25) is 0 Å². The quantitative estimate of drug-likeness (QED) is 0.0955. The number of anilines is 1. The van der Waals surface area contributed by atoms with Crippen molar-refractivity contribution < 1.29 is 61.4 Å². The number of hydrogen-bond acceptors (Lipinski definition) is 17. The van der Waals surface area contributed by atoms with Gasteiger partial charge in [-0.3, -0.25) is 46.8 Å². The smallest absolute Gasteiger partial charge is 0.394 e. The number of imidazole rings is 1. The molecule has 276 valence electrons. The fourth-order valence-corrected chi connectivity index (χ4v) is 7.69. The second-order valence-corrected chi connectivity index (χ2v) is 14.6. The van der Waals surface area contributed by atoms with Crippen LogP contribution < -0.4 is 22.5 Å². The molecule has 3 fully saturated rings. The summed E-state index contributed by atoms with van der Waals surface area (Å²) in [6, 6.07) is 0. The summed E-state index contributed by atoms with van der Waals surface area (Å²) >= 11 is 0. The zero-order valence-corrected chi connectivity index (χ0v) is 28.0. The van der Waals surface area contributed by atoms with Crippen LogP contribution in [0.3, 0.4) is 0 Å². The maximum Gasteiger partial charge on any atom is 0.472 e. The van der Waals surface area contributed by atoms with Crippen molar-refractivity contribution >= 4 is 32.8 Å². The van der Waals surface area contributed by atoms with E-state index < -0.39 is 101 Å². The molecular formula is C25H35N7O16P2. The first kappa shape index (κ1) is 36.6. The van der Waals surface area contributed by atoms with Crippen molar-refractivity contribution in [3.05, 3.63) is 49.3 Å². The highest BCUT2D eigenvalue weighted by Gasteiger charge is 2.46. The van der Waals surface area contributed by atoms with Gasteiger partial charge in [-0.15, -0.1) is 0 Å². The van der Waals surface area contributed by atoms with Crippen LogP contribution in [0.4, 0.5) is 5.95 Å². The minimum Gasteiger partial charge on any atom is -0.394 e. The van der Waals surface area contributed by atoms with Gasteiger partial charge in [-0.1, -0.05) is 0 Å². The molecule has 0 aromatic carbocycles. The van der Waals surface area contributed by atoms with Gasteiger partial charge in [-0.25, -0.2) is 18.9 Å². The van der Waals surface area contributed by atoms with Crippen molar-refractivity contribution in [3.63, 3.8) is 0 Å².